The molecule has 1 fully saturated rings. The van der Waals surface area contributed by atoms with Crippen molar-refractivity contribution < 1.29 is 8.42 Å². The molecule has 1 aliphatic rings. The van der Waals surface area contributed by atoms with Crippen molar-refractivity contribution >= 4 is 27.2 Å². The molecule has 0 unspecified atom stereocenters. The Kier molecular flexibility index (Phi) is 3.94. The topological polar surface area (TPSA) is 72.2 Å². The van der Waals surface area contributed by atoms with E-state index in [1.807, 2.05) is 6.92 Å². The minimum atomic E-state index is -3.52. The van der Waals surface area contributed by atoms with Gasteiger partial charge in [-0.05, 0) is 31.9 Å². The van der Waals surface area contributed by atoms with Crippen LogP contribution in [0.3, 0.4) is 0 Å². The molecule has 0 aromatic heterocycles. The highest BCUT2D eigenvalue weighted by molar-refractivity contribution is 7.89. The van der Waals surface area contributed by atoms with E-state index in [9.17, 15) is 8.42 Å². The van der Waals surface area contributed by atoms with Gasteiger partial charge in [-0.3, -0.25) is 0 Å². The van der Waals surface area contributed by atoms with Gasteiger partial charge in [-0.15, -0.1) is 0 Å². The summed E-state index contributed by atoms with van der Waals surface area (Å²) in [5, 5.41) is 0. The second kappa shape index (κ2) is 5.19. The number of sulfonamides is 1. The van der Waals surface area contributed by atoms with Gasteiger partial charge in [0.05, 0.1) is 4.90 Å². The molecule has 4 nitrogen and oxygen atoms in total. The molecule has 1 aliphatic carbocycles. The first-order valence-corrected chi connectivity index (χ1v) is 8.15. The number of nitrogens with two attached hydrogens (primary N) is 1. The first-order chi connectivity index (χ1) is 8.82. The molecule has 19 heavy (non-hydrogen) atoms. The Morgan fingerprint density at radius 2 is 2.00 bits per heavy atom. The predicted molar refractivity (Wildman–Crippen MR) is 79.5 cm³/mol. The van der Waals surface area contributed by atoms with Crippen LogP contribution in [0, 0.1) is 0 Å². The molecular formula is C13H18N2O2S2. The van der Waals surface area contributed by atoms with Crippen LogP contribution in [-0.2, 0) is 10.0 Å². The van der Waals surface area contributed by atoms with Gasteiger partial charge in [0.25, 0.3) is 0 Å². The minimum absolute atomic E-state index is 0.198. The van der Waals surface area contributed by atoms with Crippen molar-refractivity contribution in [2.45, 2.75) is 43.0 Å². The largest absolute Gasteiger partial charge is 0.389 e. The second-order valence-electron chi connectivity index (χ2n) is 5.27. The van der Waals surface area contributed by atoms with E-state index in [1.165, 1.54) is 6.07 Å². The molecule has 6 heteroatoms. The second-order valence-corrected chi connectivity index (χ2v) is 7.39. The van der Waals surface area contributed by atoms with Crippen LogP contribution in [0.4, 0.5) is 0 Å². The van der Waals surface area contributed by atoms with Gasteiger partial charge in [-0.1, -0.05) is 37.2 Å². The fraction of sp³-hybridized carbons (Fsp3) is 0.462. The Morgan fingerprint density at radius 1 is 1.37 bits per heavy atom. The smallest absolute Gasteiger partial charge is 0.241 e. The summed E-state index contributed by atoms with van der Waals surface area (Å²) in [6.45, 7) is 1.95. The predicted octanol–water partition coefficient (Wildman–Crippen LogP) is 1.93. The molecule has 2 rings (SSSR count). The molecule has 1 aromatic rings. The van der Waals surface area contributed by atoms with E-state index in [4.69, 9.17) is 18.0 Å². The zero-order valence-electron chi connectivity index (χ0n) is 10.8. The number of benzene rings is 1. The van der Waals surface area contributed by atoms with E-state index < -0.39 is 10.0 Å². The monoisotopic (exact) mass is 298 g/mol. The standard InChI is InChI=1S/C13H18N2O2S2/c1-13(7-2-3-8-13)15-19(16,17)11-6-4-5-10(9-11)12(14)18/h4-6,9,15H,2-3,7-8H2,1H3,(H2,14,18). The van der Waals surface area contributed by atoms with E-state index in [-0.39, 0.29) is 15.4 Å². The molecule has 0 atom stereocenters. The summed E-state index contributed by atoms with van der Waals surface area (Å²) in [6.07, 6.45) is 3.88. The molecule has 1 saturated carbocycles. The van der Waals surface area contributed by atoms with Crippen molar-refractivity contribution in [3.63, 3.8) is 0 Å². The summed E-state index contributed by atoms with van der Waals surface area (Å²) >= 11 is 4.87. The lowest BCUT2D eigenvalue weighted by molar-refractivity contribution is 0.427. The fourth-order valence-corrected chi connectivity index (χ4v) is 4.09. The van der Waals surface area contributed by atoms with E-state index in [0.717, 1.165) is 25.7 Å². The number of hydrogen-bond acceptors (Lipinski definition) is 3. The number of nitrogens with one attached hydrogen (secondary N) is 1. The molecular weight excluding hydrogens is 280 g/mol. The van der Waals surface area contributed by atoms with Crippen molar-refractivity contribution in [3.8, 4) is 0 Å². The highest BCUT2D eigenvalue weighted by atomic mass is 32.2. The molecule has 0 bridgehead atoms. The van der Waals surface area contributed by atoms with Crippen LogP contribution in [-0.4, -0.2) is 18.9 Å². The van der Waals surface area contributed by atoms with Gasteiger partial charge >= 0.3 is 0 Å². The molecule has 104 valence electrons. The molecule has 0 spiro atoms. The van der Waals surface area contributed by atoms with Gasteiger partial charge in [-0.2, -0.15) is 0 Å². The average molecular weight is 298 g/mol. The van der Waals surface area contributed by atoms with Crippen molar-refractivity contribution in [2.24, 2.45) is 5.73 Å². The molecule has 0 heterocycles. The maximum absolute atomic E-state index is 12.4. The van der Waals surface area contributed by atoms with E-state index >= 15 is 0 Å². The van der Waals surface area contributed by atoms with Crippen molar-refractivity contribution in [3.05, 3.63) is 29.8 Å². The minimum Gasteiger partial charge on any atom is -0.389 e. The summed E-state index contributed by atoms with van der Waals surface area (Å²) < 4.78 is 27.5. The van der Waals surface area contributed by atoms with Crippen LogP contribution in [0.25, 0.3) is 0 Å². The fourth-order valence-electron chi connectivity index (χ4n) is 2.46. The molecule has 3 N–H and O–H groups in total. The van der Waals surface area contributed by atoms with Crippen LogP contribution in [0.5, 0.6) is 0 Å². The number of hydrogen-bond donors (Lipinski definition) is 2. The van der Waals surface area contributed by atoms with Crippen LogP contribution in [0.15, 0.2) is 29.2 Å². The molecule has 0 radical (unpaired) electrons. The van der Waals surface area contributed by atoms with Crippen molar-refractivity contribution in [2.75, 3.05) is 0 Å². The number of thiocarbonyl (C=S) groups is 1. The average Bonchev–Trinajstić information content (AvgIpc) is 2.75. The van der Waals surface area contributed by atoms with Gasteiger partial charge in [0.15, 0.2) is 0 Å². The maximum atomic E-state index is 12.4. The Balaban J connectivity index is 2.29. The SMILES string of the molecule is CC1(NS(=O)(=O)c2cccc(C(N)=S)c2)CCCC1. The van der Waals surface area contributed by atoms with Crippen LogP contribution in [0.1, 0.15) is 38.2 Å². The van der Waals surface area contributed by atoms with Gasteiger partial charge < -0.3 is 5.73 Å². The Morgan fingerprint density at radius 3 is 2.58 bits per heavy atom. The van der Waals surface area contributed by atoms with Crippen LogP contribution in [0.2, 0.25) is 0 Å². The normalized spacial score (nSPS) is 18.4. The van der Waals surface area contributed by atoms with E-state index in [2.05, 4.69) is 4.72 Å². The highest BCUT2D eigenvalue weighted by Gasteiger charge is 2.33. The summed E-state index contributed by atoms with van der Waals surface area (Å²) in [4.78, 5) is 0.412. The van der Waals surface area contributed by atoms with Crippen molar-refractivity contribution in [1.29, 1.82) is 0 Å². The summed E-state index contributed by atoms with van der Waals surface area (Å²) in [5.74, 6) is 0. The third kappa shape index (κ3) is 3.32. The lowest BCUT2D eigenvalue weighted by Gasteiger charge is -2.25. The molecule has 0 amide bonds. The summed E-state index contributed by atoms with van der Waals surface area (Å²) in [7, 11) is -3.52. The maximum Gasteiger partial charge on any atom is 0.241 e. The zero-order chi connectivity index (χ0) is 14.1. The Bertz CT molecular complexity index is 590. The molecule has 0 aliphatic heterocycles. The lowest BCUT2D eigenvalue weighted by atomic mass is 10.0. The third-order valence-corrected chi connectivity index (χ3v) is 5.39. The van der Waals surface area contributed by atoms with Gasteiger partial charge in [-0.25, -0.2) is 13.1 Å². The van der Waals surface area contributed by atoms with E-state index in [1.54, 1.807) is 18.2 Å². The summed E-state index contributed by atoms with van der Waals surface area (Å²) in [5.41, 5.74) is 5.76. The van der Waals surface area contributed by atoms with Crippen LogP contribution >= 0.6 is 12.2 Å². The quantitative estimate of drug-likeness (QED) is 0.833. The Labute approximate surface area is 119 Å². The zero-order valence-corrected chi connectivity index (χ0v) is 12.5. The summed E-state index contributed by atoms with van der Waals surface area (Å²) in [6, 6.07) is 6.43. The van der Waals surface area contributed by atoms with Gasteiger partial charge in [0.1, 0.15) is 4.99 Å². The third-order valence-electron chi connectivity index (χ3n) is 3.52. The van der Waals surface area contributed by atoms with Crippen molar-refractivity contribution in [1.82, 2.24) is 4.72 Å². The Hall–Kier alpha value is -0.980. The van der Waals surface area contributed by atoms with Crippen LogP contribution < -0.4 is 10.5 Å². The highest BCUT2D eigenvalue weighted by Crippen LogP contribution is 2.30. The van der Waals surface area contributed by atoms with Gasteiger partial charge in [0, 0.05) is 11.1 Å². The molecule has 1 aromatic carbocycles. The first kappa shape index (κ1) is 14.4. The van der Waals surface area contributed by atoms with E-state index in [0.29, 0.717) is 5.56 Å². The van der Waals surface area contributed by atoms with Gasteiger partial charge in [0.2, 0.25) is 10.0 Å². The molecule has 0 saturated heterocycles. The number of rotatable bonds is 4. The lowest BCUT2D eigenvalue weighted by Crippen LogP contribution is -2.43. The first-order valence-electron chi connectivity index (χ1n) is 6.26.